The van der Waals surface area contributed by atoms with Crippen LogP contribution in [0.4, 0.5) is 10.2 Å². The molecule has 24 heavy (non-hydrogen) atoms. The largest absolute Gasteiger partial charge is 0.302 e. The molecule has 1 amide bonds. The number of nitrogens with zero attached hydrogens (tertiary/aromatic N) is 4. The Morgan fingerprint density at radius 1 is 1.33 bits per heavy atom. The van der Waals surface area contributed by atoms with Crippen molar-refractivity contribution in [1.29, 1.82) is 0 Å². The molecule has 1 aromatic carbocycles. The van der Waals surface area contributed by atoms with Gasteiger partial charge in [-0.05, 0) is 19.1 Å². The Balaban J connectivity index is 1.77. The number of anilines is 1. The highest BCUT2D eigenvalue weighted by Crippen LogP contribution is 2.21. The fourth-order valence-corrected chi connectivity index (χ4v) is 2.40. The summed E-state index contributed by atoms with van der Waals surface area (Å²) in [7, 11) is 1.75. The Labute approximate surface area is 142 Å². The smallest absolute Gasteiger partial charge is 0.277 e. The number of aryl methyl sites for hydroxylation is 2. The molecule has 0 saturated carbocycles. The summed E-state index contributed by atoms with van der Waals surface area (Å²) in [5.74, 6) is -0.517. The Hall–Kier alpha value is -2.67. The van der Waals surface area contributed by atoms with Gasteiger partial charge in [0.2, 0.25) is 0 Å². The topological polar surface area (TPSA) is 64.7 Å². The van der Waals surface area contributed by atoms with Crippen molar-refractivity contribution in [1.82, 2.24) is 19.6 Å². The minimum absolute atomic E-state index is 0.210. The number of carbonyl (C=O) groups is 1. The zero-order valence-electron chi connectivity index (χ0n) is 13.1. The maximum Gasteiger partial charge on any atom is 0.277 e. The van der Waals surface area contributed by atoms with Crippen molar-refractivity contribution in [2.24, 2.45) is 7.05 Å². The Morgan fingerprint density at radius 3 is 2.75 bits per heavy atom. The summed E-state index contributed by atoms with van der Waals surface area (Å²) in [6.07, 6.45) is 1.54. The van der Waals surface area contributed by atoms with Crippen molar-refractivity contribution in [3.05, 3.63) is 64.3 Å². The second-order valence-electron chi connectivity index (χ2n) is 5.36. The summed E-state index contributed by atoms with van der Waals surface area (Å²) in [6, 6.07) is 8.08. The highest BCUT2D eigenvalue weighted by Gasteiger charge is 2.16. The molecular weight excluding hydrogens is 333 g/mol. The third-order valence-electron chi connectivity index (χ3n) is 3.59. The van der Waals surface area contributed by atoms with Crippen LogP contribution >= 0.6 is 11.6 Å². The van der Waals surface area contributed by atoms with Crippen molar-refractivity contribution in [3.8, 4) is 0 Å². The number of aromatic nitrogens is 4. The lowest BCUT2D eigenvalue weighted by molar-refractivity contribution is 0.102. The second-order valence-corrected chi connectivity index (χ2v) is 5.77. The number of hydrogen-bond acceptors (Lipinski definition) is 3. The lowest BCUT2D eigenvalue weighted by Gasteiger charge is -2.03. The van der Waals surface area contributed by atoms with Crippen LogP contribution in [-0.4, -0.2) is 25.5 Å². The molecule has 0 unspecified atom stereocenters. The standard InChI is InChI=1S/C16H15ClFN5O/c1-10-7-14(20-22(10)2)16(24)19-15-12(17)9-23(21-15)8-11-5-3-4-6-13(11)18/h3-7,9H,8H2,1-2H3,(H,19,21,24). The van der Waals surface area contributed by atoms with Gasteiger partial charge in [-0.2, -0.15) is 10.2 Å². The molecule has 0 aliphatic rings. The number of hydrogen-bond donors (Lipinski definition) is 1. The maximum absolute atomic E-state index is 13.7. The molecule has 6 nitrogen and oxygen atoms in total. The molecule has 0 aliphatic carbocycles. The van der Waals surface area contributed by atoms with Gasteiger partial charge in [-0.3, -0.25) is 14.2 Å². The normalized spacial score (nSPS) is 10.8. The molecular formula is C16H15ClFN5O. The van der Waals surface area contributed by atoms with Crippen LogP contribution in [0.5, 0.6) is 0 Å². The first-order valence-electron chi connectivity index (χ1n) is 7.22. The van der Waals surface area contributed by atoms with Crippen LogP contribution in [0, 0.1) is 12.7 Å². The van der Waals surface area contributed by atoms with E-state index in [0.29, 0.717) is 5.56 Å². The van der Waals surface area contributed by atoms with E-state index in [2.05, 4.69) is 15.5 Å². The van der Waals surface area contributed by atoms with E-state index in [4.69, 9.17) is 11.6 Å². The van der Waals surface area contributed by atoms with Gasteiger partial charge in [0.15, 0.2) is 11.5 Å². The van der Waals surface area contributed by atoms with E-state index in [-0.39, 0.29) is 28.9 Å². The third-order valence-corrected chi connectivity index (χ3v) is 3.86. The van der Waals surface area contributed by atoms with Gasteiger partial charge in [0, 0.05) is 24.5 Å². The van der Waals surface area contributed by atoms with Crippen LogP contribution in [-0.2, 0) is 13.6 Å². The first kappa shape index (κ1) is 16.2. The minimum Gasteiger partial charge on any atom is -0.302 e. The van der Waals surface area contributed by atoms with Gasteiger partial charge in [0.25, 0.3) is 5.91 Å². The van der Waals surface area contributed by atoms with E-state index in [1.165, 1.54) is 16.9 Å². The zero-order valence-corrected chi connectivity index (χ0v) is 13.9. The van der Waals surface area contributed by atoms with Crippen LogP contribution < -0.4 is 5.32 Å². The quantitative estimate of drug-likeness (QED) is 0.789. The molecule has 3 aromatic rings. The van der Waals surface area contributed by atoms with Gasteiger partial charge >= 0.3 is 0 Å². The number of amides is 1. The fraction of sp³-hybridized carbons (Fsp3) is 0.188. The van der Waals surface area contributed by atoms with E-state index in [1.807, 2.05) is 6.92 Å². The van der Waals surface area contributed by atoms with Gasteiger partial charge in [0.05, 0.1) is 6.54 Å². The summed E-state index contributed by atoms with van der Waals surface area (Å²) in [5, 5.41) is 11.2. The first-order valence-corrected chi connectivity index (χ1v) is 7.60. The van der Waals surface area contributed by atoms with Gasteiger partial charge in [-0.25, -0.2) is 4.39 Å². The molecule has 2 heterocycles. The van der Waals surface area contributed by atoms with E-state index < -0.39 is 5.91 Å². The molecule has 0 bridgehead atoms. The van der Waals surface area contributed by atoms with E-state index in [0.717, 1.165) is 5.69 Å². The highest BCUT2D eigenvalue weighted by atomic mass is 35.5. The van der Waals surface area contributed by atoms with Crippen LogP contribution in [0.1, 0.15) is 21.7 Å². The van der Waals surface area contributed by atoms with Crippen LogP contribution in [0.2, 0.25) is 5.02 Å². The molecule has 0 fully saturated rings. The molecule has 3 rings (SSSR count). The SMILES string of the molecule is Cc1cc(C(=O)Nc2nn(Cc3ccccc3F)cc2Cl)nn1C. The van der Waals surface area contributed by atoms with E-state index in [9.17, 15) is 9.18 Å². The molecule has 124 valence electrons. The molecule has 0 aliphatic heterocycles. The molecule has 2 aromatic heterocycles. The van der Waals surface area contributed by atoms with Crippen LogP contribution in [0.25, 0.3) is 0 Å². The molecule has 8 heteroatoms. The van der Waals surface area contributed by atoms with E-state index in [1.54, 1.807) is 36.0 Å². The molecule has 0 radical (unpaired) electrons. The van der Waals surface area contributed by atoms with Crippen molar-refractivity contribution in [3.63, 3.8) is 0 Å². The van der Waals surface area contributed by atoms with Crippen molar-refractivity contribution >= 4 is 23.3 Å². The third kappa shape index (κ3) is 3.30. The zero-order chi connectivity index (χ0) is 17.3. The Morgan fingerprint density at radius 2 is 2.08 bits per heavy atom. The van der Waals surface area contributed by atoms with Gasteiger partial charge in [-0.1, -0.05) is 29.8 Å². The average Bonchev–Trinajstić information content (AvgIpc) is 3.05. The monoisotopic (exact) mass is 347 g/mol. The van der Waals surface area contributed by atoms with Crippen LogP contribution in [0.3, 0.4) is 0 Å². The van der Waals surface area contributed by atoms with Crippen LogP contribution in [0.15, 0.2) is 36.5 Å². The summed E-state index contributed by atoms with van der Waals surface area (Å²) >= 11 is 6.10. The second kappa shape index (κ2) is 6.45. The number of benzene rings is 1. The van der Waals surface area contributed by atoms with Crippen molar-refractivity contribution in [2.45, 2.75) is 13.5 Å². The molecule has 1 N–H and O–H groups in total. The predicted octanol–water partition coefficient (Wildman–Crippen LogP) is 3.02. The van der Waals surface area contributed by atoms with Gasteiger partial charge < -0.3 is 5.32 Å². The number of halogens is 2. The van der Waals surface area contributed by atoms with Gasteiger partial charge in [0.1, 0.15) is 10.8 Å². The number of rotatable bonds is 4. The lowest BCUT2D eigenvalue weighted by atomic mass is 10.2. The van der Waals surface area contributed by atoms with Crippen molar-refractivity contribution < 1.29 is 9.18 Å². The minimum atomic E-state index is -0.406. The molecule has 0 atom stereocenters. The predicted molar refractivity (Wildman–Crippen MR) is 88.6 cm³/mol. The summed E-state index contributed by atoms with van der Waals surface area (Å²) in [4.78, 5) is 12.2. The fourth-order valence-electron chi connectivity index (χ4n) is 2.21. The van der Waals surface area contributed by atoms with Gasteiger partial charge in [-0.15, -0.1) is 0 Å². The van der Waals surface area contributed by atoms with E-state index >= 15 is 0 Å². The first-order chi connectivity index (χ1) is 11.4. The maximum atomic E-state index is 13.7. The van der Waals surface area contributed by atoms with Crippen molar-refractivity contribution in [2.75, 3.05) is 5.32 Å². The Bertz CT molecular complexity index is 882. The lowest BCUT2D eigenvalue weighted by Crippen LogP contribution is -2.14. The summed E-state index contributed by atoms with van der Waals surface area (Å²) in [5.41, 5.74) is 1.61. The average molecular weight is 348 g/mol. The summed E-state index contributed by atoms with van der Waals surface area (Å²) < 4.78 is 16.8. The highest BCUT2D eigenvalue weighted by molar-refractivity contribution is 6.33. The Kier molecular flexibility index (Phi) is 4.35. The number of nitrogens with one attached hydrogen (secondary N) is 1. The molecule has 0 saturated heterocycles. The number of carbonyl (C=O) groups excluding carboxylic acids is 1. The molecule has 0 spiro atoms. The summed E-state index contributed by atoms with van der Waals surface area (Å²) in [6.45, 7) is 2.06.